The first kappa shape index (κ1) is 20.5. The Kier molecular flexibility index (Phi) is 6.13. The molecule has 0 unspecified atom stereocenters. The molecule has 2 aromatic carbocycles. The van der Waals surface area contributed by atoms with E-state index in [9.17, 15) is 14.0 Å². The van der Waals surface area contributed by atoms with Gasteiger partial charge in [0.1, 0.15) is 11.9 Å². The highest BCUT2D eigenvalue weighted by Crippen LogP contribution is 2.32. The molecule has 2 aromatic rings. The fourth-order valence-electron chi connectivity index (χ4n) is 4.47. The van der Waals surface area contributed by atoms with Gasteiger partial charge in [-0.15, -0.1) is 0 Å². The van der Waals surface area contributed by atoms with Crippen LogP contribution in [0, 0.1) is 12.7 Å². The lowest BCUT2D eigenvalue weighted by atomic mass is 9.91. The summed E-state index contributed by atoms with van der Waals surface area (Å²) in [4.78, 5) is 30.1. The minimum atomic E-state index is -0.436. The number of carbonyl (C=O) groups excluding carboxylic acids is 2. The normalized spacial score (nSPS) is 19.3. The van der Waals surface area contributed by atoms with Gasteiger partial charge < -0.3 is 10.2 Å². The summed E-state index contributed by atoms with van der Waals surface area (Å²) in [5.41, 5.74) is 3.23. The summed E-state index contributed by atoms with van der Waals surface area (Å²) in [6.45, 7) is 4.00. The molecule has 6 heteroatoms. The summed E-state index contributed by atoms with van der Waals surface area (Å²) in [5.74, 6) is -0.406. The lowest BCUT2D eigenvalue weighted by Gasteiger charge is -2.39. The molecule has 158 valence electrons. The van der Waals surface area contributed by atoms with Crippen molar-refractivity contribution in [3.05, 3.63) is 65.0 Å². The smallest absolute Gasteiger partial charge is 0.244 e. The average molecular weight is 410 g/mol. The summed E-state index contributed by atoms with van der Waals surface area (Å²) in [5, 5.41) is 2.85. The number of piperidine rings is 1. The van der Waals surface area contributed by atoms with E-state index < -0.39 is 6.04 Å². The van der Waals surface area contributed by atoms with Crippen LogP contribution >= 0.6 is 0 Å². The van der Waals surface area contributed by atoms with Gasteiger partial charge in [0.05, 0.1) is 6.54 Å². The average Bonchev–Trinajstić information content (AvgIpc) is 2.76. The Hall–Kier alpha value is -2.73. The molecule has 0 saturated carbocycles. The number of nitrogens with one attached hydrogen (secondary N) is 1. The van der Waals surface area contributed by atoms with E-state index in [0.29, 0.717) is 17.8 Å². The van der Waals surface area contributed by atoms with Gasteiger partial charge in [-0.3, -0.25) is 14.5 Å². The second-order valence-electron chi connectivity index (χ2n) is 8.22. The van der Waals surface area contributed by atoms with Crippen molar-refractivity contribution in [2.45, 2.75) is 38.6 Å². The predicted octanol–water partition coefficient (Wildman–Crippen LogP) is 3.68. The number of carbonyl (C=O) groups is 2. The number of hydrogen-bond acceptors (Lipinski definition) is 3. The van der Waals surface area contributed by atoms with E-state index in [0.717, 1.165) is 44.3 Å². The molecule has 1 N–H and O–H groups in total. The van der Waals surface area contributed by atoms with Crippen molar-refractivity contribution in [3.63, 3.8) is 0 Å². The van der Waals surface area contributed by atoms with Gasteiger partial charge in [0.25, 0.3) is 0 Å². The summed E-state index contributed by atoms with van der Waals surface area (Å²) in [6, 6.07) is 12.1. The molecule has 4 rings (SSSR count). The highest BCUT2D eigenvalue weighted by Gasteiger charge is 2.36. The molecule has 1 saturated heterocycles. The van der Waals surface area contributed by atoms with E-state index >= 15 is 0 Å². The Bertz CT molecular complexity index is 940. The lowest BCUT2D eigenvalue weighted by Crippen LogP contribution is -2.49. The Morgan fingerprint density at radius 2 is 1.83 bits per heavy atom. The molecule has 2 heterocycles. The van der Waals surface area contributed by atoms with Crippen LogP contribution in [0.4, 0.5) is 10.1 Å². The van der Waals surface area contributed by atoms with E-state index in [1.54, 1.807) is 19.1 Å². The van der Waals surface area contributed by atoms with Crippen LogP contribution in [-0.4, -0.2) is 47.8 Å². The number of amides is 2. The van der Waals surface area contributed by atoms with Gasteiger partial charge >= 0.3 is 0 Å². The Morgan fingerprint density at radius 3 is 2.60 bits per heavy atom. The summed E-state index contributed by atoms with van der Waals surface area (Å²) in [6.07, 6.45) is 4.03. The van der Waals surface area contributed by atoms with Crippen LogP contribution in [-0.2, 0) is 16.0 Å². The number of rotatable bonds is 4. The second-order valence-corrected chi connectivity index (χ2v) is 8.22. The molecule has 1 fully saturated rings. The number of likely N-dealkylation sites (tertiary alicyclic amines) is 1. The van der Waals surface area contributed by atoms with Crippen molar-refractivity contribution in [1.29, 1.82) is 0 Å². The third-order valence-corrected chi connectivity index (χ3v) is 6.07. The maximum Gasteiger partial charge on any atom is 0.244 e. The molecule has 2 aliphatic rings. The third kappa shape index (κ3) is 4.38. The third-order valence-electron chi connectivity index (χ3n) is 6.07. The van der Waals surface area contributed by atoms with Crippen LogP contribution in [0.1, 0.15) is 42.0 Å². The Labute approximate surface area is 176 Å². The number of hydrogen-bond donors (Lipinski definition) is 1. The van der Waals surface area contributed by atoms with E-state index in [1.807, 2.05) is 28.0 Å². The first-order valence-electron chi connectivity index (χ1n) is 10.7. The molecular formula is C24H28FN3O2. The summed E-state index contributed by atoms with van der Waals surface area (Å²) >= 11 is 0. The molecule has 0 aliphatic carbocycles. The van der Waals surface area contributed by atoms with E-state index in [-0.39, 0.29) is 24.2 Å². The summed E-state index contributed by atoms with van der Waals surface area (Å²) < 4.78 is 13.5. The fourth-order valence-corrected chi connectivity index (χ4v) is 4.47. The predicted molar refractivity (Wildman–Crippen MR) is 115 cm³/mol. The number of aryl methyl sites for hydroxylation is 1. The van der Waals surface area contributed by atoms with Gasteiger partial charge in [-0.05, 0) is 67.5 Å². The molecule has 1 atom stereocenters. The minimum absolute atomic E-state index is 0.0901. The molecular weight excluding hydrogens is 381 g/mol. The minimum Gasteiger partial charge on any atom is -0.341 e. The highest BCUT2D eigenvalue weighted by atomic mass is 19.1. The van der Waals surface area contributed by atoms with Crippen LogP contribution in [0.3, 0.4) is 0 Å². The zero-order chi connectivity index (χ0) is 21.1. The maximum atomic E-state index is 13.5. The quantitative estimate of drug-likeness (QED) is 0.838. The van der Waals surface area contributed by atoms with Crippen molar-refractivity contribution in [2.75, 3.05) is 31.5 Å². The van der Waals surface area contributed by atoms with Crippen molar-refractivity contribution in [3.8, 4) is 0 Å². The van der Waals surface area contributed by atoms with Gasteiger partial charge in [-0.25, -0.2) is 4.39 Å². The Balaban J connectivity index is 1.53. The molecule has 30 heavy (non-hydrogen) atoms. The fraction of sp³-hybridized carbons (Fsp3) is 0.417. The number of benzene rings is 2. The van der Waals surface area contributed by atoms with Gasteiger partial charge in [-0.2, -0.15) is 0 Å². The number of nitrogens with zero attached hydrogens (tertiary/aromatic N) is 2. The van der Waals surface area contributed by atoms with Crippen LogP contribution in [0.25, 0.3) is 0 Å². The van der Waals surface area contributed by atoms with Gasteiger partial charge in [0.15, 0.2) is 0 Å². The molecule has 0 aromatic heterocycles. The van der Waals surface area contributed by atoms with Crippen LogP contribution in [0.2, 0.25) is 0 Å². The second kappa shape index (κ2) is 8.96. The number of halogens is 1. The molecule has 0 spiro atoms. The Morgan fingerprint density at radius 1 is 1.07 bits per heavy atom. The van der Waals surface area contributed by atoms with Crippen LogP contribution < -0.4 is 5.32 Å². The van der Waals surface area contributed by atoms with Crippen molar-refractivity contribution in [1.82, 2.24) is 9.80 Å². The molecule has 0 radical (unpaired) electrons. The van der Waals surface area contributed by atoms with E-state index in [4.69, 9.17) is 0 Å². The lowest BCUT2D eigenvalue weighted by molar-refractivity contribution is -0.139. The summed E-state index contributed by atoms with van der Waals surface area (Å²) in [7, 11) is 0. The van der Waals surface area contributed by atoms with Crippen LogP contribution in [0.5, 0.6) is 0 Å². The molecule has 2 amide bonds. The largest absolute Gasteiger partial charge is 0.341 e. The zero-order valence-electron chi connectivity index (χ0n) is 17.4. The maximum absolute atomic E-state index is 13.5. The number of fused-ring (bicyclic) bond motifs is 1. The van der Waals surface area contributed by atoms with Gasteiger partial charge in [-0.1, -0.05) is 24.3 Å². The molecule has 5 nitrogen and oxygen atoms in total. The van der Waals surface area contributed by atoms with E-state index in [1.165, 1.54) is 11.6 Å². The van der Waals surface area contributed by atoms with E-state index in [2.05, 4.69) is 11.4 Å². The van der Waals surface area contributed by atoms with Crippen LogP contribution in [0.15, 0.2) is 42.5 Å². The van der Waals surface area contributed by atoms with Crippen molar-refractivity contribution in [2.24, 2.45) is 0 Å². The van der Waals surface area contributed by atoms with Gasteiger partial charge in [0.2, 0.25) is 11.8 Å². The molecule has 0 bridgehead atoms. The first-order chi connectivity index (χ1) is 14.5. The number of anilines is 1. The molecule has 2 aliphatic heterocycles. The topological polar surface area (TPSA) is 52.7 Å². The highest BCUT2D eigenvalue weighted by molar-refractivity contribution is 5.93. The first-order valence-corrected chi connectivity index (χ1v) is 10.7. The van der Waals surface area contributed by atoms with Gasteiger partial charge in [0, 0.05) is 25.3 Å². The standard InChI is InChI=1S/C24H28FN3O2/c1-17-15-19(9-10-21(17)25)26-22(29)16-28-14-11-18-7-3-4-8-20(18)23(28)24(30)27-12-5-2-6-13-27/h3-4,7-10,15,23H,2,5-6,11-14,16H2,1H3,(H,26,29)/t23-/m0/s1. The monoisotopic (exact) mass is 409 g/mol. The SMILES string of the molecule is Cc1cc(NC(=O)CN2CCc3ccccc3[C@H]2C(=O)N2CCCCC2)ccc1F. The zero-order valence-corrected chi connectivity index (χ0v) is 17.4. The van der Waals surface area contributed by atoms with Crippen molar-refractivity contribution < 1.29 is 14.0 Å². The van der Waals surface area contributed by atoms with Crippen molar-refractivity contribution >= 4 is 17.5 Å².